The van der Waals surface area contributed by atoms with Crippen molar-refractivity contribution in [1.82, 2.24) is 9.62 Å². The van der Waals surface area contributed by atoms with Crippen LogP contribution in [-0.2, 0) is 21.2 Å². The molecule has 0 unspecified atom stereocenters. The van der Waals surface area contributed by atoms with Gasteiger partial charge in [0, 0.05) is 19.6 Å². The lowest BCUT2D eigenvalue weighted by Crippen LogP contribution is -2.57. The second-order valence-corrected chi connectivity index (χ2v) is 8.25. The lowest BCUT2D eigenvalue weighted by atomic mass is 10.1. The number of nitrogens with zero attached hydrogens (tertiary/aromatic N) is 1. The van der Waals surface area contributed by atoms with Crippen molar-refractivity contribution >= 4 is 15.9 Å². The number of hydrogen-bond donors (Lipinski definition) is 1. The summed E-state index contributed by atoms with van der Waals surface area (Å²) < 4.78 is 24.7. The van der Waals surface area contributed by atoms with E-state index in [1.165, 1.54) is 18.2 Å². The molecule has 6 heteroatoms. The molecule has 0 bridgehead atoms. The third-order valence-electron chi connectivity index (χ3n) is 3.89. The first kappa shape index (κ1) is 16.0. The van der Waals surface area contributed by atoms with E-state index >= 15 is 0 Å². The van der Waals surface area contributed by atoms with Crippen LogP contribution in [0.15, 0.2) is 30.3 Å². The minimum atomic E-state index is -3.57. The highest BCUT2D eigenvalue weighted by Gasteiger charge is 2.46. The van der Waals surface area contributed by atoms with Crippen LogP contribution >= 0.6 is 0 Å². The van der Waals surface area contributed by atoms with Crippen molar-refractivity contribution in [2.75, 3.05) is 19.6 Å². The van der Waals surface area contributed by atoms with Crippen molar-refractivity contribution in [1.29, 1.82) is 0 Å². The van der Waals surface area contributed by atoms with Crippen molar-refractivity contribution in [3.63, 3.8) is 0 Å². The van der Waals surface area contributed by atoms with Crippen LogP contribution in [0.25, 0.3) is 0 Å². The Hall–Kier alpha value is -1.40. The van der Waals surface area contributed by atoms with Gasteiger partial charge in [-0.3, -0.25) is 4.79 Å². The molecule has 5 nitrogen and oxygen atoms in total. The van der Waals surface area contributed by atoms with Crippen LogP contribution in [0.4, 0.5) is 0 Å². The maximum atomic E-state index is 12.4. The highest BCUT2D eigenvalue weighted by atomic mass is 32.2. The number of hydrogen-bond acceptors (Lipinski definition) is 3. The molecule has 0 atom stereocenters. The van der Waals surface area contributed by atoms with Gasteiger partial charge in [-0.1, -0.05) is 30.3 Å². The molecule has 21 heavy (non-hydrogen) atoms. The van der Waals surface area contributed by atoms with E-state index in [0.717, 1.165) is 12.0 Å². The van der Waals surface area contributed by atoms with Crippen LogP contribution in [0.1, 0.15) is 25.8 Å². The largest absolute Gasteiger partial charge is 0.354 e. The quantitative estimate of drug-likeness (QED) is 0.857. The summed E-state index contributed by atoms with van der Waals surface area (Å²) in [6.07, 6.45) is 1.55. The Kier molecular flexibility index (Phi) is 4.68. The lowest BCUT2D eigenvalue weighted by Gasteiger charge is -2.36. The number of amides is 1. The average Bonchev–Trinajstić information content (AvgIpc) is 2.37. The van der Waals surface area contributed by atoms with E-state index in [0.29, 0.717) is 26.1 Å². The van der Waals surface area contributed by atoms with E-state index in [9.17, 15) is 13.2 Å². The maximum Gasteiger partial charge on any atom is 0.242 e. The van der Waals surface area contributed by atoms with Crippen molar-refractivity contribution in [3.05, 3.63) is 35.9 Å². The second kappa shape index (κ2) is 6.15. The molecule has 1 heterocycles. The van der Waals surface area contributed by atoms with Gasteiger partial charge >= 0.3 is 0 Å². The molecule has 0 aliphatic carbocycles. The van der Waals surface area contributed by atoms with Crippen LogP contribution in [0.5, 0.6) is 0 Å². The number of sulfonamides is 1. The lowest BCUT2D eigenvalue weighted by molar-refractivity contribution is -0.122. The number of rotatable bonds is 6. The highest BCUT2D eigenvalue weighted by Crippen LogP contribution is 2.25. The zero-order valence-corrected chi connectivity index (χ0v) is 13.3. The van der Waals surface area contributed by atoms with Gasteiger partial charge in [0.05, 0.1) is 0 Å². The molecular weight excluding hydrogens is 288 g/mol. The fraction of sp³-hybridized carbons (Fsp3) is 0.533. The molecule has 1 aromatic carbocycles. The van der Waals surface area contributed by atoms with Crippen LogP contribution in [0.2, 0.25) is 0 Å². The first-order chi connectivity index (χ1) is 9.85. The Labute approximate surface area is 126 Å². The van der Waals surface area contributed by atoms with Gasteiger partial charge < -0.3 is 5.32 Å². The summed E-state index contributed by atoms with van der Waals surface area (Å²) in [5.74, 6) is -0.440. The molecule has 1 aliphatic rings. The van der Waals surface area contributed by atoms with Crippen molar-refractivity contribution in [2.45, 2.75) is 31.4 Å². The molecule has 0 aromatic heterocycles. The molecule has 2 rings (SSSR count). The molecule has 1 aromatic rings. The summed E-state index contributed by atoms with van der Waals surface area (Å²) in [5, 5.41) is 2.74. The standard InChI is InChI=1S/C15H22N2O3S/c1-15(2,21(19,20)17-11-6-12-17)14(18)16-10-9-13-7-4-3-5-8-13/h3-5,7-8H,6,9-12H2,1-2H3,(H,16,18). The van der Waals surface area contributed by atoms with Gasteiger partial charge in [0.25, 0.3) is 0 Å². The van der Waals surface area contributed by atoms with Gasteiger partial charge in [0.15, 0.2) is 4.75 Å². The van der Waals surface area contributed by atoms with Crippen LogP contribution in [0.3, 0.4) is 0 Å². The molecule has 1 saturated heterocycles. The SMILES string of the molecule is CC(C)(C(=O)NCCc1ccccc1)S(=O)(=O)N1CCC1. The smallest absolute Gasteiger partial charge is 0.242 e. The topological polar surface area (TPSA) is 66.5 Å². The van der Waals surface area contributed by atoms with Gasteiger partial charge in [-0.05, 0) is 32.3 Å². The number of carbonyl (C=O) groups excluding carboxylic acids is 1. The summed E-state index contributed by atoms with van der Waals surface area (Å²) in [5.41, 5.74) is 1.11. The predicted molar refractivity (Wildman–Crippen MR) is 82.3 cm³/mol. The van der Waals surface area contributed by atoms with Crippen molar-refractivity contribution in [2.24, 2.45) is 0 Å². The molecule has 1 fully saturated rings. The van der Waals surface area contributed by atoms with E-state index in [2.05, 4.69) is 5.32 Å². The highest BCUT2D eigenvalue weighted by molar-refractivity contribution is 7.91. The Morgan fingerprint density at radius 1 is 1.24 bits per heavy atom. The predicted octanol–water partition coefficient (Wildman–Crippen LogP) is 1.16. The van der Waals surface area contributed by atoms with E-state index in [-0.39, 0.29) is 0 Å². The molecule has 1 N–H and O–H groups in total. The average molecular weight is 310 g/mol. The Balaban J connectivity index is 1.92. The molecule has 0 radical (unpaired) electrons. The second-order valence-electron chi connectivity index (χ2n) is 5.76. The molecule has 0 spiro atoms. The Morgan fingerprint density at radius 2 is 1.86 bits per heavy atom. The molecular formula is C15H22N2O3S. The minimum Gasteiger partial charge on any atom is -0.354 e. The zero-order valence-electron chi connectivity index (χ0n) is 12.5. The first-order valence-corrected chi connectivity index (χ1v) is 8.61. The zero-order chi connectivity index (χ0) is 15.5. The fourth-order valence-electron chi connectivity index (χ4n) is 2.15. The summed E-state index contributed by atoms with van der Waals surface area (Å²) in [4.78, 5) is 12.2. The first-order valence-electron chi connectivity index (χ1n) is 7.17. The summed E-state index contributed by atoms with van der Waals surface area (Å²) >= 11 is 0. The summed E-state index contributed by atoms with van der Waals surface area (Å²) in [7, 11) is -3.57. The monoisotopic (exact) mass is 310 g/mol. The van der Waals surface area contributed by atoms with Crippen LogP contribution < -0.4 is 5.32 Å². The third-order valence-corrected chi connectivity index (χ3v) is 6.41. The normalized spacial score (nSPS) is 16.3. The van der Waals surface area contributed by atoms with Gasteiger partial charge in [-0.25, -0.2) is 12.7 Å². The van der Waals surface area contributed by atoms with Crippen molar-refractivity contribution in [3.8, 4) is 0 Å². The third kappa shape index (κ3) is 3.27. The number of nitrogens with one attached hydrogen (secondary N) is 1. The van der Waals surface area contributed by atoms with E-state index in [1.807, 2.05) is 30.3 Å². The van der Waals surface area contributed by atoms with Gasteiger partial charge in [0.1, 0.15) is 0 Å². The molecule has 116 valence electrons. The summed E-state index contributed by atoms with van der Waals surface area (Å²) in [6.45, 7) is 4.41. The summed E-state index contributed by atoms with van der Waals surface area (Å²) in [6, 6.07) is 9.78. The number of carbonyl (C=O) groups is 1. The molecule has 1 amide bonds. The van der Waals surface area contributed by atoms with Crippen molar-refractivity contribution < 1.29 is 13.2 Å². The van der Waals surface area contributed by atoms with E-state index in [1.54, 1.807) is 0 Å². The molecule has 0 saturated carbocycles. The number of benzene rings is 1. The Morgan fingerprint density at radius 3 is 2.38 bits per heavy atom. The van der Waals surface area contributed by atoms with Gasteiger partial charge in [0.2, 0.25) is 15.9 Å². The maximum absolute atomic E-state index is 12.4. The minimum absolute atomic E-state index is 0.432. The van der Waals surface area contributed by atoms with Crippen LogP contribution in [0, 0.1) is 0 Å². The fourth-order valence-corrected chi connectivity index (χ4v) is 3.84. The van der Waals surface area contributed by atoms with Crippen LogP contribution in [-0.4, -0.2) is 43.0 Å². The van der Waals surface area contributed by atoms with Gasteiger partial charge in [-0.2, -0.15) is 0 Å². The van der Waals surface area contributed by atoms with Gasteiger partial charge in [-0.15, -0.1) is 0 Å². The van der Waals surface area contributed by atoms with E-state index in [4.69, 9.17) is 0 Å². The molecule has 1 aliphatic heterocycles. The van der Waals surface area contributed by atoms with E-state index < -0.39 is 20.7 Å². The Bertz CT molecular complexity index is 593.